The minimum Gasteiger partial charge on any atom is -0.480 e. The number of sulfone groups is 1. The lowest BCUT2D eigenvalue weighted by molar-refractivity contribution is 0.243. The largest absolute Gasteiger partial charge is 0.480 e. The van der Waals surface area contributed by atoms with Crippen LogP contribution >= 0.6 is 0 Å². The highest BCUT2D eigenvalue weighted by atomic mass is 32.2. The van der Waals surface area contributed by atoms with E-state index in [0.717, 1.165) is 5.56 Å². The van der Waals surface area contributed by atoms with Gasteiger partial charge in [0, 0.05) is 11.1 Å². The van der Waals surface area contributed by atoms with Gasteiger partial charge in [0.1, 0.15) is 11.9 Å². The number of ether oxygens (including phenoxy) is 1. The van der Waals surface area contributed by atoms with Crippen LogP contribution in [-0.4, -0.2) is 22.6 Å². The van der Waals surface area contributed by atoms with Crippen molar-refractivity contribution in [3.05, 3.63) is 83.4 Å². The van der Waals surface area contributed by atoms with Gasteiger partial charge in [0.05, 0.1) is 16.4 Å². The van der Waals surface area contributed by atoms with Crippen molar-refractivity contribution >= 4 is 19.9 Å². The molecular formula is C22H21NO5S2. The van der Waals surface area contributed by atoms with Gasteiger partial charge in [-0.1, -0.05) is 61.5 Å². The first-order valence-corrected chi connectivity index (χ1v) is 12.8. The molecule has 0 radical (unpaired) electrons. The van der Waals surface area contributed by atoms with E-state index in [2.05, 4.69) is 0 Å². The molecule has 0 saturated carbocycles. The van der Waals surface area contributed by atoms with Crippen LogP contribution < -0.4 is 9.88 Å². The van der Waals surface area contributed by atoms with Crippen molar-refractivity contribution in [2.75, 3.05) is 5.75 Å². The van der Waals surface area contributed by atoms with Gasteiger partial charge in [-0.15, -0.1) is 0 Å². The van der Waals surface area contributed by atoms with E-state index in [1.807, 2.05) is 30.3 Å². The molecule has 2 N–H and O–H groups in total. The number of rotatable bonds is 5. The van der Waals surface area contributed by atoms with E-state index in [-0.39, 0.29) is 16.4 Å². The van der Waals surface area contributed by atoms with Crippen LogP contribution in [0.3, 0.4) is 0 Å². The van der Waals surface area contributed by atoms with E-state index in [1.165, 1.54) is 0 Å². The molecular weight excluding hydrogens is 422 g/mol. The van der Waals surface area contributed by atoms with Crippen LogP contribution in [-0.2, 0) is 25.6 Å². The Labute approximate surface area is 176 Å². The number of sulfonamides is 1. The minimum atomic E-state index is -3.72. The normalized spacial score (nSPS) is 15.7. The van der Waals surface area contributed by atoms with Crippen molar-refractivity contribution < 1.29 is 21.6 Å². The lowest BCUT2D eigenvalue weighted by atomic mass is 9.88. The fourth-order valence-corrected chi connectivity index (χ4v) is 5.50. The summed E-state index contributed by atoms with van der Waals surface area (Å²) in [7, 11) is -7.22. The summed E-state index contributed by atoms with van der Waals surface area (Å²) in [6.07, 6.45) is -0.506. The van der Waals surface area contributed by atoms with Crippen LogP contribution in [0.4, 0.5) is 0 Å². The van der Waals surface area contributed by atoms with E-state index in [0.29, 0.717) is 28.0 Å². The molecule has 156 valence electrons. The van der Waals surface area contributed by atoms with Crippen LogP contribution in [0.25, 0.3) is 11.1 Å². The van der Waals surface area contributed by atoms with Crippen LogP contribution in [0.15, 0.2) is 71.6 Å². The Morgan fingerprint density at radius 2 is 1.67 bits per heavy atom. The first-order valence-electron chi connectivity index (χ1n) is 9.40. The van der Waals surface area contributed by atoms with E-state index >= 15 is 0 Å². The van der Waals surface area contributed by atoms with E-state index in [9.17, 15) is 16.8 Å². The quantitative estimate of drug-likeness (QED) is 0.651. The molecule has 6 nitrogen and oxygen atoms in total. The van der Waals surface area contributed by atoms with Gasteiger partial charge in [0.25, 0.3) is 0 Å². The van der Waals surface area contributed by atoms with Gasteiger partial charge in [-0.25, -0.2) is 22.0 Å². The van der Waals surface area contributed by atoms with Crippen molar-refractivity contribution in [2.24, 2.45) is 5.14 Å². The fraction of sp³-hybridized carbons (Fsp3) is 0.182. The van der Waals surface area contributed by atoms with Crippen LogP contribution in [0.2, 0.25) is 0 Å². The highest BCUT2D eigenvalue weighted by molar-refractivity contribution is 7.91. The van der Waals surface area contributed by atoms with Crippen molar-refractivity contribution in [3.8, 4) is 16.9 Å². The topological polar surface area (TPSA) is 104 Å². The Morgan fingerprint density at radius 3 is 2.33 bits per heavy atom. The zero-order valence-electron chi connectivity index (χ0n) is 16.3. The smallest absolute Gasteiger partial charge is 0.213 e. The molecule has 30 heavy (non-hydrogen) atoms. The van der Waals surface area contributed by atoms with Gasteiger partial charge in [0.15, 0.2) is 9.84 Å². The molecule has 0 spiro atoms. The van der Waals surface area contributed by atoms with Gasteiger partial charge in [0.2, 0.25) is 10.0 Å². The Kier molecular flexibility index (Phi) is 5.17. The molecule has 3 aromatic carbocycles. The lowest BCUT2D eigenvalue weighted by Crippen LogP contribution is -2.19. The first kappa shape index (κ1) is 20.6. The molecule has 3 aromatic rings. The van der Waals surface area contributed by atoms with Crippen LogP contribution in [0.1, 0.15) is 29.7 Å². The zero-order chi connectivity index (χ0) is 21.5. The van der Waals surface area contributed by atoms with Gasteiger partial charge in [-0.2, -0.15) is 0 Å². The molecule has 0 aromatic heterocycles. The maximum atomic E-state index is 12.7. The minimum absolute atomic E-state index is 0.0373. The summed E-state index contributed by atoms with van der Waals surface area (Å²) in [6.45, 7) is 1.60. The zero-order valence-corrected chi connectivity index (χ0v) is 17.9. The van der Waals surface area contributed by atoms with E-state index < -0.39 is 26.0 Å². The maximum absolute atomic E-state index is 12.7. The highest BCUT2D eigenvalue weighted by Gasteiger charge is 2.32. The molecule has 0 aliphatic carbocycles. The summed E-state index contributed by atoms with van der Waals surface area (Å²) in [4.78, 5) is 0.203. The fourth-order valence-electron chi connectivity index (χ4n) is 3.73. The summed E-state index contributed by atoms with van der Waals surface area (Å²) in [5.41, 5.74) is 3.30. The Bertz CT molecular complexity index is 1320. The second-order valence-corrected chi connectivity index (χ2v) is 11.0. The van der Waals surface area contributed by atoms with Crippen LogP contribution in [0.5, 0.6) is 5.75 Å². The van der Waals surface area contributed by atoms with E-state index in [1.54, 1.807) is 43.3 Å². The second kappa shape index (κ2) is 7.54. The molecule has 0 saturated heterocycles. The summed E-state index contributed by atoms with van der Waals surface area (Å²) in [5.74, 6) is 0.124. The highest BCUT2D eigenvalue weighted by Crippen LogP contribution is 2.47. The number of benzene rings is 3. The van der Waals surface area contributed by atoms with Crippen molar-refractivity contribution in [1.82, 2.24) is 0 Å². The van der Waals surface area contributed by atoms with Gasteiger partial charge >= 0.3 is 0 Å². The Balaban J connectivity index is 1.98. The van der Waals surface area contributed by atoms with E-state index in [4.69, 9.17) is 9.88 Å². The van der Waals surface area contributed by atoms with Crippen LogP contribution in [0, 0.1) is 0 Å². The predicted octanol–water partition coefficient (Wildman–Crippen LogP) is 3.42. The van der Waals surface area contributed by atoms with Crippen molar-refractivity contribution in [2.45, 2.75) is 23.7 Å². The number of primary sulfonamides is 1. The Morgan fingerprint density at radius 1 is 0.933 bits per heavy atom. The lowest BCUT2D eigenvalue weighted by Gasteiger charge is -2.31. The van der Waals surface area contributed by atoms with Crippen molar-refractivity contribution in [3.63, 3.8) is 0 Å². The third-order valence-corrected chi connectivity index (χ3v) is 7.59. The third-order valence-electron chi connectivity index (χ3n) is 5.09. The SMILES string of the molecule is CCS(=O)(=O)c1cccc2c1-c1ccc(CS(N)(=O)=O)cc1C(c1ccccc1)O2. The molecule has 0 amide bonds. The Hall–Kier alpha value is -2.68. The second-order valence-electron chi connectivity index (χ2n) is 7.17. The van der Waals surface area contributed by atoms with Gasteiger partial charge in [-0.05, 0) is 28.8 Å². The average Bonchev–Trinajstić information content (AvgIpc) is 2.72. The number of hydrogen-bond acceptors (Lipinski definition) is 5. The summed E-state index contributed by atoms with van der Waals surface area (Å²) >= 11 is 0. The molecule has 0 fully saturated rings. The molecule has 4 rings (SSSR count). The third kappa shape index (κ3) is 3.86. The molecule has 8 heteroatoms. The first-order chi connectivity index (χ1) is 14.2. The summed E-state index contributed by atoms with van der Waals surface area (Å²) in [5, 5.41) is 5.23. The van der Waals surface area contributed by atoms with Crippen molar-refractivity contribution in [1.29, 1.82) is 0 Å². The number of fused-ring (bicyclic) bond motifs is 3. The molecule has 1 unspecified atom stereocenters. The average molecular weight is 444 g/mol. The molecule has 1 heterocycles. The van der Waals surface area contributed by atoms with Gasteiger partial charge < -0.3 is 4.74 Å². The molecule has 1 aliphatic heterocycles. The molecule has 0 bridgehead atoms. The van der Waals surface area contributed by atoms with Gasteiger partial charge in [-0.3, -0.25) is 0 Å². The number of hydrogen-bond donors (Lipinski definition) is 1. The predicted molar refractivity (Wildman–Crippen MR) is 115 cm³/mol. The number of nitrogens with two attached hydrogens (primary N) is 1. The maximum Gasteiger partial charge on any atom is 0.213 e. The summed E-state index contributed by atoms with van der Waals surface area (Å²) < 4.78 is 55.0. The molecule has 1 atom stereocenters. The monoisotopic (exact) mass is 443 g/mol. The summed E-state index contributed by atoms with van der Waals surface area (Å²) in [6, 6.07) is 19.6. The standard InChI is InChI=1S/C22H21NO5S2/c1-2-29(24,25)20-10-6-9-19-21(20)17-12-11-15(14-30(23,26)27)13-18(17)22(28-19)16-7-4-3-5-8-16/h3-13,22H,2,14H2,1H3,(H2,23,26,27). The molecule has 1 aliphatic rings.